The van der Waals surface area contributed by atoms with E-state index in [1.807, 2.05) is 24.3 Å². The maximum atomic E-state index is 5.87. The molecule has 29 heavy (non-hydrogen) atoms. The second-order valence-corrected chi connectivity index (χ2v) is 7.39. The number of anilines is 1. The standard InChI is InChI=1S/C24H29N3O2/c1-28-22-11-5-6-12-23(22)29-16-13-25-18-20-17-19-9-3-4-10-21(19)26-24(20)27-14-7-2-8-15-27/h3-6,9-12,17,25H,2,7-8,13-16,18H2,1H3. The van der Waals surface area contributed by atoms with E-state index in [4.69, 9.17) is 14.5 Å². The highest BCUT2D eigenvalue weighted by Crippen LogP contribution is 2.27. The van der Waals surface area contributed by atoms with Crippen molar-refractivity contribution in [3.63, 3.8) is 0 Å². The molecule has 0 bridgehead atoms. The van der Waals surface area contributed by atoms with Crippen molar-refractivity contribution in [2.24, 2.45) is 0 Å². The first kappa shape index (κ1) is 19.5. The summed E-state index contributed by atoms with van der Waals surface area (Å²) in [6.07, 6.45) is 3.81. The molecule has 0 aliphatic carbocycles. The van der Waals surface area contributed by atoms with E-state index in [1.165, 1.54) is 30.2 Å². The molecule has 152 valence electrons. The zero-order valence-electron chi connectivity index (χ0n) is 17.1. The van der Waals surface area contributed by atoms with Gasteiger partial charge in [-0.3, -0.25) is 0 Å². The predicted octanol–water partition coefficient (Wildman–Crippen LogP) is 4.40. The number of hydrogen-bond donors (Lipinski definition) is 1. The van der Waals surface area contributed by atoms with Crippen molar-refractivity contribution in [2.75, 3.05) is 38.3 Å². The molecule has 1 saturated heterocycles. The first-order valence-electron chi connectivity index (χ1n) is 10.5. The summed E-state index contributed by atoms with van der Waals surface area (Å²) in [5.74, 6) is 2.67. The zero-order chi connectivity index (χ0) is 19.9. The summed E-state index contributed by atoms with van der Waals surface area (Å²) in [5, 5.41) is 4.71. The summed E-state index contributed by atoms with van der Waals surface area (Å²) in [6, 6.07) is 18.4. The maximum absolute atomic E-state index is 5.87. The molecule has 0 radical (unpaired) electrons. The fourth-order valence-corrected chi connectivity index (χ4v) is 3.85. The Kier molecular flexibility index (Phi) is 6.47. The van der Waals surface area contributed by atoms with Crippen molar-refractivity contribution in [1.29, 1.82) is 0 Å². The van der Waals surface area contributed by atoms with E-state index in [9.17, 15) is 0 Å². The molecular formula is C24H29N3O2. The van der Waals surface area contributed by atoms with E-state index < -0.39 is 0 Å². The molecule has 5 nitrogen and oxygen atoms in total. The average Bonchev–Trinajstić information content (AvgIpc) is 2.79. The van der Waals surface area contributed by atoms with Crippen molar-refractivity contribution in [2.45, 2.75) is 25.8 Å². The van der Waals surface area contributed by atoms with Gasteiger partial charge < -0.3 is 19.7 Å². The monoisotopic (exact) mass is 391 g/mol. The number of hydrogen-bond acceptors (Lipinski definition) is 5. The van der Waals surface area contributed by atoms with Crippen LogP contribution in [-0.2, 0) is 6.54 Å². The van der Waals surface area contributed by atoms with Crippen molar-refractivity contribution in [3.05, 3.63) is 60.2 Å². The average molecular weight is 392 g/mol. The Balaban J connectivity index is 1.41. The SMILES string of the molecule is COc1ccccc1OCCNCc1cc2ccccc2nc1N1CCCCC1. The molecule has 0 unspecified atom stereocenters. The van der Waals surface area contributed by atoms with Crippen LogP contribution < -0.4 is 19.7 Å². The van der Waals surface area contributed by atoms with Crippen LogP contribution >= 0.6 is 0 Å². The van der Waals surface area contributed by atoms with Gasteiger partial charge >= 0.3 is 0 Å². The number of rotatable bonds is 8. The van der Waals surface area contributed by atoms with Crippen LogP contribution in [0.25, 0.3) is 10.9 Å². The van der Waals surface area contributed by atoms with E-state index in [0.29, 0.717) is 6.61 Å². The zero-order valence-corrected chi connectivity index (χ0v) is 17.1. The van der Waals surface area contributed by atoms with Crippen LogP contribution in [0, 0.1) is 0 Å². The third-order valence-electron chi connectivity index (χ3n) is 5.36. The Bertz CT molecular complexity index is 938. The number of methoxy groups -OCH3 is 1. The minimum absolute atomic E-state index is 0.584. The van der Waals surface area contributed by atoms with Gasteiger partial charge in [0.25, 0.3) is 0 Å². The van der Waals surface area contributed by atoms with Gasteiger partial charge in [0.05, 0.1) is 12.6 Å². The van der Waals surface area contributed by atoms with E-state index >= 15 is 0 Å². The van der Waals surface area contributed by atoms with Crippen molar-refractivity contribution >= 4 is 16.7 Å². The summed E-state index contributed by atoms with van der Waals surface area (Å²) in [7, 11) is 1.66. The van der Waals surface area contributed by atoms with Gasteiger partial charge in [-0.15, -0.1) is 0 Å². The largest absolute Gasteiger partial charge is 0.493 e. The first-order chi connectivity index (χ1) is 14.3. The molecule has 4 rings (SSSR count). The lowest BCUT2D eigenvalue weighted by atomic mass is 10.1. The second-order valence-electron chi connectivity index (χ2n) is 7.39. The van der Waals surface area contributed by atoms with Crippen LogP contribution in [-0.4, -0.2) is 38.3 Å². The molecule has 0 saturated carbocycles. The highest BCUT2D eigenvalue weighted by Gasteiger charge is 2.17. The van der Waals surface area contributed by atoms with Gasteiger partial charge in [-0.1, -0.05) is 30.3 Å². The maximum Gasteiger partial charge on any atom is 0.161 e. The fraction of sp³-hybridized carbons (Fsp3) is 0.375. The second kappa shape index (κ2) is 9.61. The van der Waals surface area contributed by atoms with Gasteiger partial charge in [-0.05, 0) is 43.5 Å². The molecule has 2 aromatic carbocycles. The summed E-state index contributed by atoms with van der Waals surface area (Å²) in [4.78, 5) is 7.45. The minimum atomic E-state index is 0.584. The van der Waals surface area contributed by atoms with Crippen molar-refractivity contribution < 1.29 is 9.47 Å². The Morgan fingerprint density at radius 1 is 0.966 bits per heavy atom. The van der Waals surface area contributed by atoms with Crippen LogP contribution in [0.1, 0.15) is 24.8 Å². The Labute approximate surface area is 172 Å². The molecule has 5 heteroatoms. The molecule has 1 aromatic heterocycles. The fourth-order valence-electron chi connectivity index (χ4n) is 3.85. The lowest BCUT2D eigenvalue weighted by Crippen LogP contribution is -2.32. The third kappa shape index (κ3) is 4.80. The number of pyridine rings is 1. The van der Waals surface area contributed by atoms with E-state index in [-0.39, 0.29) is 0 Å². The quantitative estimate of drug-likeness (QED) is 0.577. The number of piperidine rings is 1. The molecule has 1 N–H and O–H groups in total. The molecule has 0 spiro atoms. The smallest absolute Gasteiger partial charge is 0.161 e. The molecule has 1 fully saturated rings. The van der Waals surface area contributed by atoms with Crippen molar-refractivity contribution in [1.82, 2.24) is 10.3 Å². The number of para-hydroxylation sites is 3. The Hall–Kier alpha value is -2.79. The van der Waals surface area contributed by atoms with Crippen LogP contribution in [0.4, 0.5) is 5.82 Å². The summed E-state index contributed by atoms with van der Waals surface area (Å²) >= 11 is 0. The number of ether oxygens (including phenoxy) is 2. The summed E-state index contributed by atoms with van der Waals surface area (Å²) < 4.78 is 11.2. The van der Waals surface area contributed by atoms with Gasteiger partial charge in [0.2, 0.25) is 0 Å². The molecule has 3 aromatic rings. The molecule has 0 amide bonds. The molecule has 0 atom stereocenters. The van der Waals surface area contributed by atoms with E-state index in [1.54, 1.807) is 7.11 Å². The molecule has 1 aliphatic rings. The first-order valence-corrected chi connectivity index (χ1v) is 10.5. The van der Waals surface area contributed by atoms with E-state index in [2.05, 4.69) is 40.5 Å². The van der Waals surface area contributed by atoms with Gasteiger partial charge in [-0.2, -0.15) is 0 Å². The topological polar surface area (TPSA) is 46.6 Å². The molecule has 2 heterocycles. The number of benzene rings is 2. The molecular weight excluding hydrogens is 362 g/mol. The lowest BCUT2D eigenvalue weighted by Gasteiger charge is -2.30. The highest BCUT2D eigenvalue weighted by atomic mass is 16.5. The number of aromatic nitrogens is 1. The van der Waals surface area contributed by atoms with Crippen molar-refractivity contribution in [3.8, 4) is 11.5 Å². The Morgan fingerprint density at radius 2 is 1.72 bits per heavy atom. The predicted molar refractivity (Wildman–Crippen MR) is 118 cm³/mol. The van der Waals surface area contributed by atoms with Gasteiger partial charge in [0.15, 0.2) is 11.5 Å². The Morgan fingerprint density at radius 3 is 2.55 bits per heavy atom. The van der Waals surface area contributed by atoms with Crippen LogP contribution in [0.15, 0.2) is 54.6 Å². The highest BCUT2D eigenvalue weighted by molar-refractivity contribution is 5.81. The minimum Gasteiger partial charge on any atom is -0.493 e. The van der Waals surface area contributed by atoms with Crippen LogP contribution in [0.2, 0.25) is 0 Å². The molecule has 1 aliphatic heterocycles. The van der Waals surface area contributed by atoms with Crippen LogP contribution in [0.3, 0.4) is 0 Å². The number of nitrogens with zero attached hydrogens (tertiary/aromatic N) is 2. The third-order valence-corrected chi connectivity index (χ3v) is 5.36. The van der Waals surface area contributed by atoms with Crippen LogP contribution in [0.5, 0.6) is 11.5 Å². The lowest BCUT2D eigenvalue weighted by molar-refractivity contribution is 0.292. The number of fused-ring (bicyclic) bond motifs is 1. The van der Waals surface area contributed by atoms with Gasteiger partial charge in [0.1, 0.15) is 12.4 Å². The normalized spacial score (nSPS) is 14.2. The summed E-state index contributed by atoms with van der Waals surface area (Å²) in [6.45, 7) is 4.30. The number of nitrogens with one attached hydrogen (secondary N) is 1. The van der Waals surface area contributed by atoms with Gasteiger partial charge in [0, 0.05) is 37.1 Å². The van der Waals surface area contributed by atoms with Gasteiger partial charge in [-0.25, -0.2) is 4.98 Å². The van der Waals surface area contributed by atoms with E-state index in [0.717, 1.165) is 49.0 Å². The summed E-state index contributed by atoms with van der Waals surface area (Å²) in [5.41, 5.74) is 2.32.